The van der Waals surface area contributed by atoms with Gasteiger partial charge >= 0.3 is 0 Å². The van der Waals surface area contributed by atoms with E-state index in [1.54, 1.807) is 18.5 Å². The fourth-order valence-electron chi connectivity index (χ4n) is 1.78. The zero-order valence-electron chi connectivity index (χ0n) is 9.97. The molecule has 0 aliphatic rings. The van der Waals surface area contributed by atoms with E-state index in [0.29, 0.717) is 5.56 Å². The largest absolute Gasteiger partial charge is 0.368 e. The van der Waals surface area contributed by atoms with Gasteiger partial charge in [0, 0.05) is 24.3 Å². The molecule has 0 saturated heterocycles. The summed E-state index contributed by atoms with van der Waals surface area (Å²) in [6.45, 7) is 0.736. The maximum Gasteiger partial charge on any atom is 0.101 e. The predicted molar refractivity (Wildman–Crippen MR) is 75.2 cm³/mol. The molecule has 0 unspecified atom stereocenters. The van der Waals surface area contributed by atoms with Gasteiger partial charge in [-0.05, 0) is 23.8 Å². The topological polar surface area (TPSA) is 39.9 Å². The molecule has 18 heavy (non-hydrogen) atoms. The second kappa shape index (κ2) is 5.65. The SMILES string of the molecule is CN(Cc1cccc(Br)c1)c1cnccc1C#N. The Labute approximate surface area is 115 Å². The van der Waals surface area contributed by atoms with E-state index in [9.17, 15) is 0 Å². The van der Waals surface area contributed by atoms with E-state index in [-0.39, 0.29) is 0 Å². The quantitative estimate of drug-likeness (QED) is 0.873. The maximum atomic E-state index is 9.07. The van der Waals surface area contributed by atoms with Crippen LogP contribution in [0.2, 0.25) is 0 Å². The second-order valence-corrected chi connectivity index (χ2v) is 4.91. The van der Waals surface area contributed by atoms with Crippen LogP contribution in [0.5, 0.6) is 0 Å². The van der Waals surface area contributed by atoms with Crippen LogP contribution < -0.4 is 4.90 Å². The monoisotopic (exact) mass is 301 g/mol. The smallest absolute Gasteiger partial charge is 0.101 e. The number of aromatic nitrogens is 1. The van der Waals surface area contributed by atoms with Crippen LogP contribution in [-0.4, -0.2) is 12.0 Å². The number of hydrogen-bond acceptors (Lipinski definition) is 3. The molecule has 0 fully saturated rings. The molecule has 0 spiro atoms. The predicted octanol–water partition coefficient (Wildman–Crippen LogP) is 3.35. The Morgan fingerprint density at radius 1 is 1.39 bits per heavy atom. The molecular formula is C14H12BrN3. The lowest BCUT2D eigenvalue weighted by atomic mass is 10.2. The van der Waals surface area contributed by atoms with Crippen molar-refractivity contribution in [3.8, 4) is 6.07 Å². The average molecular weight is 302 g/mol. The number of anilines is 1. The van der Waals surface area contributed by atoms with Gasteiger partial charge in [-0.25, -0.2) is 0 Å². The van der Waals surface area contributed by atoms with Gasteiger partial charge < -0.3 is 4.90 Å². The first-order valence-electron chi connectivity index (χ1n) is 5.50. The standard InChI is InChI=1S/C14H12BrN3/c1-18(10-11-3-2-4-13(15)7-11)14-9-17-6-5-12(14)8-16/h2-7,9H,10H2,1H3. The molecule has 1 aromatic heterocycles. The van der Waals surface area contributed by atoms with Gasteiger partial charge in [0.1, 0.15) is 6.07 Å². The summed E-state index contributed by atoms with van der Waals surface area (Å²) < 4.78 is 1.06. The fraction of sp³-hybridized carbons (Fsp3) is 0.143. The highest BCUT2D eigenvalue weighted by molar-refractivity contribution is 9.10. The molecule has 1 aromatic carbocycles. The van der Waals surface area contributed by atoms with E-state index in [0.717, 1.165) is 16.7 Å². The van der Waals surface area contributed by atoms with Crippen molar-refractivity contribution in [1.29, 1.82) is 5.26 Å². The van der Waals surface area contributed by atoms with E-state index < -0.39 is 0 Å². The van der Waals surface area contributed by atoms with Crippen molar-refractivity contribution < 1.29 is 0 Å². The highest BCUT2D eigenvalue weighted by Crippen LogP contribution is 2.20. The minimum Gasteiger partial charge on any atom is -0.368 e. The average Bonchev–Trinajstić information content (AvgIpc) is 2.38. The molecule has 0 bridgehead atoms. The van der Waals surface area contributed by atoms with Crippen LogP contribution >= 0.6 is 15.9 Å². The molecule has 1 heterocycles. The summed E-state index contributed by atoms with van der Waals surface area (Å²) in [4.78, 5) is 6.09. The highest BCUT2D eigenvalue weighted by Gasteiger charge is 2.07. The van der Waals surface area contributed by atoms with Crippen molar-refractivity contribution in [3.05, 3.63) is 58.3 Å². The lowest BCUT2D eigenvalue weighted by molar-refractivity contribution is 0.914. The lowest BCUT2D eigenvalue weighted by Gasteiger charge is -2.20. The molecule has 3 nitrogen and oxygen atoms in total. The third-order valence-corrected chi connectivity index (χ3v) is 3.13. The molecule has 90 valence electrons. The number of halogens is 1. The molecule has 0 atom stereocenters. The first kappa shape index (κ1) is 12.6. The molecule has 2 aromatic rings. The summed E-state index contributed by atoms with van der Waals surface area (Å²) in [7, 11) is 1.96. The fourth-order valence-corrected chi connectivity index (χ4v) is 2.23. The van der Waals surface area contributed by atoms with E-state index in [1.165, 1.54) is 5.56 Å². The summed E-state index contributed by atoms with van der Waals surface area (Å²) >= 11 is 3.45. The van der Waals surface area contributed by atoms with E-state index >= 15 is 0 Å². The van der Waals surface area contributed by atoms with Crippen molar-refractivity contribution in [2.45, 2.75) is 6.54 Å². The Kier molecular flexibility index (Phi) is 3.96. The van der Waals surface area contributed by atoms with Gasteiger partial charge in [-0.3, -0.25) is 4.98 Å². The molecule has 0 radical (unpaired) electrons. The van der Waals surface area contributed by atoms with E-state index in [4.69, 9.17) is 5.26 Å². The Morgan fingerprint density at radius 2 is 2.22 bits per heavy atom. The summed E-state index contributed by atoms with van der Waals surface area (Å²) in [6, 6.07) is 12.0. The first-order chi connectivity index (χ1) is 8.70. The minimum atomic E-state index is 0.641. The summed E-state index contributed by atoms with van der Waals surface area (Å²) in [5, 5.41) is 9.07. The molecule has 0 saturated carbocycles. The normalized spacial score (nSPS) is 9.83. The maximum absolute atomic E-state index is 9.07. The van der Waals surface area contributed by atoms with E-state index in [1.807, 2.05) is 24.1 Å². The summed E-state index contributed by atoms with van der Waals surface area (Å²) in [5.74, 6) is 0. The first-order valence-corrected chi connectivity index (χ1v) is 6.29. The third kappa shape index (κ3) is 2.88. The molecule has 0 aliphatic heterocycles. The van der Waals surface area contributed by atoms with Crippen LogP contribution in [-0.2, 0) is 6.54 Å². The molecule has 0 N–H and O–H groups in total. The van der Waals surface area contributed by atoms with Gasteiger partial charge in [-0.1, -0.05) is 28.1 Å². The minimum absolute atomic E-state index is 0.641. The van der Waals surface area contributed by atoms with Crippen LogP contribution in [0.15, 0.2) is 47.2 Å². The van der Waals surface area contributed by atoms with Crippen LogP contribution in [0.25, 0.3) is 0 Å². The van der Waals surface area contributed by atoms with Gasteiger partial charge in [0.05, 0.1) is 17.4 Å². The van der Waals surface area contributed by atoms with Gasteiger partial charge in [0.25, 0.3) is 0 Å². The van der Waals surface area contributed by atoms with Gasteiger partial charge in [0.15, 0.2) is 0 Å². The van der Waals surface area contributed by atoms with Crippen molar-refractivity contribution in [2.24, 2.45) is 0 Å². The molecular weight excluding hydrogens is 290 g/mol. The van der Waals surface area contributed by atoms with Gasteiger partial charge in [-0.2, -0.15) is 5.26 Å². The van der Waals surface area contributed by atoms with E-state index in [2.05, 4.69) is 39.1 Å². The molecule has 0 aliphatic carbocycles. The Morgan fingerprint density at radius 3 is 2.94 bits per heavy atom. The van der Waals surface area contributed by atoms with Crippen molar-refractivity contribution in [2.75, 3.05) is 11.9 Å². The molecule has 4 heteroatoms. The van der Waals surface area contributed by atoms with Crippen LogP contribution in [0.3, 0.4) is 0 Å². The second-order valence-electron chi connectivity index (χ2n) is 3.99. The lowest BCUT2D eigenvalue weighted by Crippen LogP contribution is -2.17. The zero-order valence-corrected chi connectivity index (χ0v) is 11.6. The van der Waals surface area contributed by atoms with Crippen molar-refractivity contribution in [1.82, 2.24) is 4.98 Å². The zero-order chi connectivity index (χ0) is 13.0. The Balaban J connectivity index is 2.22. The highest BCUT2D eigenvalue weighted by atomic mass is 79.9. The van der Waals surface area contributed by atoms with Crippen molar-refractivity contribution >= 4 is 21.6 Å². The van der Waals surface area contributed by atoms with Crippen molar-refractivity contribution in [3.63, 3.8) is 0 Å². The third-order valence-electron chi connectivity index (χ3n) is 2.64. The Bertz CT molecular complexity index is 590. The van der Waals surface area contributed by atoms with Crippen LogP contribution in [0.1, 0.15) is 11.1 Å². The number of hydrogen-bond donors (Lipinski definition) is 0. The molecule has 2 rings (SSSR count). The number of nitrogens with zero attached hydrogens (tertiary/aromatic N) is 3. The number of pyridine rings is 1. The summed E-state index contributed by atoms with van der Waals surface area (Å²) in [6.07, 6.45) is 3.35. The number of rotatable bonds is 3. The van der Waals surface area contributed by atoms with Gasteiger partial charge in [-0.15, -0.1) is 0 Å². The van der Waals surface area contributed by atoms with Gasteiger partial charge in [0.2, 0.25) is 0 Å². The summed E-state index contributed by atoms with van der Waals surface area (Å²) in [5.41, 5.74) is 2.67. The van der Waals surface area contributed by atoms with Crippen LogP contribution in [0.4, 0.5) is 5.69 Å². The molecule has 0 amide bonds. The Hall–Kier alpha value is -1.86. The number of benzene rings is 1. The number of nitriles is 1. The van der Waals surface area contributed by atoms with Crippen LogP contribution in [0, 0.1) is 11.3 Å².